The molecule has 0 aromatic carbocycles. The Hall–Kier alpha value is -0.770. The van der Waals surface area contributed by atoms with E-state index in [1.54, 1.807) is 11.3 Å². The summed E-state index contributed by atoms with van der Waals surface area (Å²) < 4.78 is 0. The van der Waals surface area contributed by atoms with Crippen molar-refractivity contribution in [1.29, 1.82) is 0 Å². The summed E-state index contributed by atoms with van der Waals surface area (Å²) in [7, 11) is 0. The topological polar surface area (TPSA) is 42.9 Å². The van der Waals surface area contributed by atoms with E-state index in [0.29, 0.717) is 0 Å². The monoisotopic (exact) mass is 236 g/mol. The lowest BCUT2D eigenvalue weighted by atomic mass is 9.54. The van der Waals surface area contributed by atoms with Crippen LogP contribution < -0.4 is 0 Å². The van der Waals surface area contributed by atoms with Crippen molar-refractivity contribution in [2.45, 2.75) is 50.9 Å². The van der Waals surface area contributed by atoms with Crippen molar-refractivity contribution in [1.82, 2.24) is 10.2 Å². The molecule has 1 aromatic rings. The second-order valence-corrected chi connectivity index (χ2v) is 6.57. The zero-order valence-corrected chi connectivity index (χ0v) is 10.3. The molecule has 16 heavy (non-hydrogen) atoms. The van der Waals surface area contributed by atoms with E-state index >= 15 is 0 Å². The molecule has 3 saturated carbocycles. The first kappa shape index (κ1) is 10.4. The number of nitrogens with zero attached hydrogens (tertiary/aromatic N) is 2. The molecule has 0 saturated heterocycles. The van der Waals surface area contributed by atoms with Gasteiger partial charge in [-0.1, -0.05) is 0 Å². The van der Waals surface area contributed by atoms with Crippen molar-refractivity contribution in [3.63, 3.8) is 0 Å². The summed E-state index contributed by atoms with van der Waals surface area (Å²) >= 11 is 1.74. The lowest BCUT2D eigenvalue weighted by Crippen LogP contribution is -2.44. The summed E-state index contributed by atoms with van der Waals surface area (Å²) in [6, 6.07) is 0. The molecule has 1 heterocycles. The zero-order chi connectivity index (χ0) is 11.2. The molecule has 2 bridgehead atoms. The second-order valence-electron chi connectivity index (χ2n) is 5.39. The first-order valence-electron chi connectivity index (χ1n) is 5.95. The highest BCUT2D eigenvalue weighted by molar-refractivity contribution is 7.11. The van der Waals surface area contributed by atoms with Crippen molar-refractivity contribution in [3.05, 3.63) is 10.0 Å². The average molecular weight is 236 g/mol. The molecule has 4 heteroatoms. The molecule has 1 aromatic heterocycles. The molecule has 3 fully saturated rings. The van der Waals surface area contributed by atoms with Gasteiger partial charge in [-0.25, -0.2) is 0 Å². The van der Waals surface area contributed by atoms with Gasteiger partial charge in [-0.15, -0.1) is 21.5 Å². The smallest absolute Gasteiger partial charge is 0.126 e. The van der Waals surface area contributed by atoms with Gasteiger partial charge in [0, 0.05) is 10.8 Å². The highest BCUT2D eigenvalue weighted by atomic mass is 32.1. The number of aryl methyl sites for hydroxylation is 1. The Morgan fingerprint density at radius 1 is 1.12 bits per heavy atom. The number of aromatic nitrogens is 2. The molecule has 3 aliphatic carbocycles. The molecule has 0 atom stereocenters. The van der Waals surface area contributed by atoms with E-state index in [1.807, 2.05) is 6.92 Å². The van der Waals surface area contributed by atoms with E-state index < -0.39 is 0 Å². The summed E-state index contributed by atoms with van der Waals surface area (Å²) in [6.45, 7) is 2.01. The van der Waals surface area contributed by atoms with Gasteiger partial charge in [0.15, 0.2) is 0 Å². The van der Waals surface area contributed by atoms with Crippen molar-refractivity contribution < 1.29 is 4.79 Å². The van der Waals surface area contributed by atoms with Gasteiger partial charge in [0.05, 0.1) is 0 Å². The van der Waals surface area contributed by atoms with Crippen LogP contribution in [0.15, 0.2) is 0 Å². The molecule has 0 aliphatic heterocycles. The fourth-order valence-corrected chi connectivity index (χ4v) is 4.19. The highest BCUT2D eigenvalue weighted by Gasteiger charge is 2.50. The quantitative estimate of drug-likeness (QED) is 0.741. The lowest BCUT2D eigenvalue weighted by molar-refractivity contribution is -0.122. The average Bonchev–Trinajstić information content (AvgIpc) is 2.79. The third kappa shape index (κ3) is 1.35. The number of carbonyl (C=O) groups is 1. The predicted octanol–water partition coefficient (Wildman–Crippen LogP) is 2.64. The Bertz CT molecular complexity index is 402. The number of rotatable bonds is 2. The summed E-state index contributed by atoms with van der Waals surface area (Å²) in [4.78, 5) is 11.2. The maximum absolute atomic E-state index is 11.2. The van der Waals surface area contributed by atoms with Crippen molar-refractivity contribution in [2.75, 3.05) is 0 Å². The Kier molecular flexibility index (Phi) is 2.18. The molecular formula is C12H16N2OS. The van der Waals surface area contributed by atoms with Crippen molar-refractivity contribution in [2.24, 2.45) is 5.41 Å². The minimum Gasteiger partial charge on any atom is -0.303 e. The van der Waals surface area contributed by atoms with Crippen LogP contribution in [0, 0.1) is 12.3 Å². The van der Waals surface area contributed by atoms with Crippen LogP contribution in [-0.2, 0) is 10.2 Å². The first-order chi connectivity index (χ1) is 7.68. The number of fused-ring (bicyclic) bond motifs is 3. The number of aldehydes is 1. The molecule has 86 valence electrons. The third-order valence-electron chi connectivity index (χ3n) is 4.53. The molecule has 4 rings (SSSR count). The molecular weight excluding hydrogens is 220 g/mol. The maximum atomic E-state index is 11.2. The van der Waals surface area contributed by atoms with Crippen LogP contribution in [0.1, 0.15) is 48.5 Å². The number of carbonyl (C=O) groups excluding carboxylic acids is 1. The fourth-order valence-electron chi connectivity index (χ4n) is 3.22. The van der Waals surface area contributed by atoms with Crippen LogP contribution in [0.25, 0.3) is 0 Å². The first-order valence-corrected chi connectivity index (χ1v) is 6.77. The molecule has 3 aliphatic rings. The highest BCUT2D eigenvalue weighted by Crippen LogP contribution is 2.57. The van der Waals surface area contributed by atoms with Gasteiger partial charge in [0.2, 0.25) is 0 Å². The molecule has 0 N–H and O–H groups in total. The number of hydrogen-bond donors (Lipinski definition) is 0. The lowest BCUT2D eigenvalue weighted by Gasteiger charge is -2.49. The van der Waals surface area contributed by atoms with Crippen LogP contribution in [0.4, 0.5) is 0 Å². The van der Waals surface area contributed by atoms with Crippen molar-refractivity contribution in [3.8, 4) is 0 Å². The molecule has 0 radical (unpaired) electrons. The maximum Gasteiger partial charge on any atom is 0.126 e. The SMILES string of the molecule is Cc1nnc(C23CCC(C=O)(CC2)CC3)s1. The van der Waals surface area contributed by atoms with Gasteiger partial charge in [-0.2, -0.15) is 0 Å². The van der Waals surface area contributed by atoms with E-state index in [9.17, 15) is 4.79 Å². The Balaban J connectivity index is 1.90. The van der Waals surface area contributed by atoms with Crippen LogP contribution in [-0.4, -0.2) is 16.5 Å². The van der Waals surface area contributed by atoms with E-state index in [4.69, 9.17) is 0 Å². The Morgan fingerprint density at radius 3 is 2.19 bits per heavy atom. The summed E-state index contributed by atoms with van der Waals surface area (Å²) in [5.74, 6) is 0. The predicted molar refractivity (Wildman–Crippen MR) is 62.5 cm³/mol. The van der Waals surface area contributed by atoms with Crippen LogP contribution in [0.5, 0.6) is 0 Å². The van der Waals surface area contributed by atoms with Crippen LogP contribution in [0.2, 0.25) is 0 Å². The van der Waals surface area contributed by atoms with E-state index in [-0.39, 0.29) is 10.8 Å². The van der Waals surface area contributed by atoms with Gasteiger partial charge in [0.25, 0.3) is 0 Å². The molecule has 0 unspecified atom stereocenters. The van der Waals surface area contributed by atoms with Gasteiger partial charge in [0.1, 0.15) is 16.3 Å². The van der Waals surface area contributed by atoms with E-state index in [2.05, 4.69) is 10.2 Å². The molecule has 0 amide bonds. The standard InChI is InChI=1S/C12H16N2OS/c1-9-13-14-10(16-9)12-5-2-11(8-15,3-6-12)4-7-12/h8H,2-7H2,1H3. The summed E-state index contributed by atoms with van der Waals surface area (Å²) in [6.07, 6.45) is 7.74. The summed E-state index contributed by atoms with van der Waals surface area (Å²) in [5.41, 5.74) is 0.276. The van der Waals surface area contributed by atoms with Gasteiger partial charge >= 0.3 is 0 Å². The van der Waals surface area contributed by atoms with Crippen LogP contribution in [0.3, 0.4) is 0 Å². The zero-order valence-electron chi connectivity index (χ0n) is 9.53. The minimum absolute atomic E-state index is 0.0154. The Labute approximate surface area is 99.3 Å². The summed E-state index contributed by atoms with van der Waals surface area (Å²) in [5, 5.41) is 10.7. The number of hydrogen-bond acceptors (Lipinski definition) is 4. The van der Waals surface area contributed by atoms with Crippen molar-refractivity contribution >= 4 is 17.6 Å². The van der Waals surface area contributed by atoms with E-state index in [1.165, 1.54) is 11.3 Å². The van der Waals surface area contributed by atoms with Gasteiger partial charge < -0.3 is 4.79 Å². The van der Waals surface area contributed by atoms with Crippen LogP contribution >= 0.6 is 11.3 Å². The Morgan fingerprint density at radius 2 is 1.75 bits per heavy atom. The third-order valence-corrected chi connectivity index (χ3v) is 5.62. The fraction of sp³-hybridized carbons (Fsp3) is 0.750. The van der Waals surface area contributed by atoms with E-state index in [0.717, 1.165) is 43.5 Å². The molecule has 3 nitrogen and oxygen atoms in total. The largest absolute Gasteiger partial charge is 0.303 e. The van der Waals surface area contributed by atoms with Gasteiger partial charge in [-0.05, 0) is 45.4 Å². The normalized spacial score (nSPS) is 37.6. The second kappa shape index (κ2) is 3.36. The molecule has 0 spiro atoms. The van der Waals surface area contributed by atoms with Gasteiger partial charge in [-0.3, -0.25) is 0 Å². The minimum atomic E-state index is 0.0154.